The number of carbonyl (C=O) groups is 1. The van der Waals surface area contributed by atoms with Crippen molar-refractivity contribution in [1.29, 1.82) is 0 Å². The van der Waals surface area contributed by atoms with Gasteiger partial charge < -0.3 is 19.7 Å². The fraction of sp³-hybridized carbons (Fsp3) is 0.667. The Bertz CT molecular complexity index is 525. The summed E-state index contributed by atoms with van der Waals surface area (Å²) in [5, 5.41) is 3.43. The number of nitrogens with zero attached hydrogens (tertiary/aromatic N) is 2. The molecule has 1 aromatic rings. The number of methoxy groups -OCH3 is 1. The van der Waals surface area contributed by atoms with Crippen LogP contribution in [0.25, 0.3) is 0 Å². The highest BCUT2D eigenvalue weighted by atomic mass is 16.6. The average Bonchev–Trinajstić information content (AvgIpc) is 2.54. The van der Waals surface area contributed by atoms with Crippen molar-refractivity contribution in [3.63, 3.8) is 0 Å². The van der Waals surface area contributed by atoms with E-state index in [0.717, 1.165) is 44.5 Å². The summed E-state index contributed by atoms with van der Waals surface area (Å²) in [7, 11) is 1.61. The van der Waals surface area contributed by atoms with Crippen molar-refractivity contribution >= 4 is 6.09 Å². The fourth-order valence-electron chi connectivity index (χ4n) is 2.79. The second-order valence-corrected chi connectivity index (χ2v) is 7.16. The van der Waals surface area contributed by atoms with E-state index in [1.165, 1.54) is 0 Å². The Morgan fingerprint density at radius 3 is 2.79 bits per heavy atom. The molecule has 0 radical (unpaired) electrons. The summed E-state index contributed by atoms with van der Waals surface area (Å²) in [6, 6.07) is 4.02. The maximum atomic E-state index is 12.4. The van der Waals surface area contributed by atoms with Gasteiger partial charge in [-0.05, 0) is 45.6 Å². The van der Waals surface area contributed by atoms with Crippen molar-refractivity contribution in [2.24, 2.45) is 0 Å². The van der Waals surface area contributed by atoms with Crippen LogP contribution in [0.4, 0.5) is 4.79 Å². The molecule has 24 heavy (non-hydrogen) atoms. The van der Waals surface area contributed by atoms with Crippen molar-refractivity contribution < 1.29 is 14.3 Å². The summed E-state index contributed by atoms with van der Waals surface area (Å²) in [5.41, 5.74) is 0.636. The van der Waals surface area contributed by atoms with Crippen LogP contribution in [0.5, 0.6) is 5.88 Å². The minimum Gasteiger partial charge on any atom is -0.481 e. The number of hydrogen-bond acceptors (Lipinski definition) is 5. The molecular formula is C18H29N3O3. The van der Waals surface area contributed by atoms with E-state index in [-0.39, 0.29) is 12.1 Å². The van der Waals surface area contributed by atoms with Crippen LogP contribution in [0.1, 0.15) is 45.6 Å². The number of pyridine rings is 1. The number of aromatic nitrogens is 1. The van der Waals surface area contributed by atoms with E-state index in [1.807, 2.05) is 37.8 Å². The number of nitrogens with one attached hydrogen (secondary N) is 1. The van der Waals surface area contributed by atoms with Crippen LogP contribution in [0, 0.1) is 0 Å². The third-order valence-corrected chi connectivity index (χ3v) is 3.97. The second kappa shape index (κ2) is 8.33. The first kappa shape index (κ1) is 18.5. The van der Waals surface area contributed by atoms with Crippen LogP contribution in [-0.4, -0.2) is 47.8 Å². The largest absolute Gasteiger partial charge is 0.481 e. The quantitative estimate of drug-likeness (QED) is 0.896. The molecule has 1 atom stereocenters. The van der Waals surface area contributed by atoms with Gasteiger partial charge in [-0.3, -0.25) is 0 Å². The Morgan fingerprint density at radius 2 is 2.17 bits per heavy atom. The van der Waals surface area contributed by atoms with Gasteiger partial charge >= 0.3 is 6.09 Å². The molecule has 1 unspecified atom stereocenters. The monoisotopic (exact) mass is 335 g/mol. The Morgan fingerprint density at radius 1 is 1.38 bits per heavy atom. The zero-order chi connectivity index (χ0) is 17.6. The van der Waals surface area contributed by atoms with Crippen molar-refractivity contribution in [3.05, 3.63) is 23.9 Å². The predicted octanol–water partition coefficient (Wildman–Crippen LogP) is 2.97. The van der Waals surface area contributed by atoms with Crippen molar-refractivity contribution in [3.8, 4) is 5.88 Å². The summed E-state index contributed by atoms with van der Waals surface area (Å²) in [6.45, 7) is 7.95. The molecule has 6 heteroatoms. The molecule has 0 spiro atoms. The molecule has 2 heterocycles. The smallest absolute Gasteiger partial charge is 0.410 e. The van der Waals surface area contributed by atoms with Crippen LogP contribution >= 0.6 is 0 Å². The lowest BCUT2D eigenvalue weighted by Crippen LogP contribution is -2.50. The second-order valence-electron chi connectivity index (χ2n) is 7.16. The van der Waals surface area contributed by atoms with Crippen LogP contribution in [0.2, 0.25) is 0 Å². The first-order valence-electron chi connectivity index (χ1n) is 8.58. The highest BCUT2D eigenvalue weighted by Crippen LogP contribution is 2.20. The summed E-state index contributed by atoms with van der Waals surface area (Å²) in [4.78, 5) is 18.4. The first-order chi connectivity index (χ1) is 11.4. The molecule has 0 aromatic carbocycles. The molecule has 1 aliphatic rings. The van der Waals surface area contributed by atoms with Crippen LogP contribution in [0.15, 0.2) is 18.3 Å². The molecule has 1 aromatic heterocycles. The molecule has 0 bridgehead atoms. The van der Waals surface area contributed by atoms with Gasteiger partial charge in [0.25, 0.3) is 0 Å². The molecule has 2 rings (SSSR count). The van der Waals surface area contributed by atoms with Gasteiger partial charge in [0.2, 0.25) is 5.88 Å². The number of ether oxygens (including phenoxy) is 2. The normalized spacial score (nSPS) is 18.3. The molecule has 1 aliphatic heterocycles. The maximum absolute atomic E-state index is 12.4. The lowest BCUT2D eigenvalue weighted by Gasteiger charge is -2.37. The molecule has 1 amide bonds. The predicted molar refractivity (Wildman–Crippen MR) is 93.1 cm³/mol. The summed E-state index contributed by atoms with van der Waals surface area (Å²) in [6.07, 6.45) is 4.79. The van der Waals surface area contributed by atoms with Crippen LogP contribution in [-0.2, 0) is 11.3 Å². The van der Waals surface area contributed by atoms with E-state index in [4.69, 9.17) is 9.47 Å². The van der Waals surface area contributed by atoms with E-state index >= 15 is 0 Å². The van der Waals surface area contributed by atoms with Gasteiger partial charge in [-0.25, -0.2) is 9.78 Å². The SMILES string of the molecule is COc1ccc(CNCC2CCCCN2C(=O)OC(C)(C)C)cn1. The molecule has 1 N–H and O–H groups in total. The van der Waals surface area contributed by atoms with Gasteiger partial charge in [-0.1, -0.05) is 6.07 Å². The first-order valence-corrected chi connectivity index (χ1v) is 8.58. The zero-order valence-corrected chi connectivity index (χ0v) is 15.2. The number of rotatable bonds is 5. The number of carbonyl (C=O) groups excluding carboxylic acids is 1. The number of likely N-dealkylation sites (tertiary alicyclic amines) is 1. The minimum absolute atomic E-state index is 0.180. The third-order valence-electron chi connectivity index (χ3n) is 3.97. The molecule has 1 saturated heterocycles. The third kappa shape index (κ3) is 5.67. The zero-order valence-electron chi connectivity index (χ0n) is 15.2. The lowest BCUT2D eigenvalue weighted by atomic mass is 10.0. The fourth-order valence-corrected chi connectivity index (χ4v) is 2.79. The van der Waals surface area contributed by atoms with Crippen LogP contribution in [0.3, 0.4) is 0 Å². The average molecular weight is 335 g/mol. The lowest BCUT2D eigenvalue weighted by molar-refractivity contribution is 0.00993. The molecule has 0 saturated carbocycles. The highest BCUT2D eigenvalue weighted by Gasteiger charge is 2.30. The van der Waals surface area contributed by atoms with Gasteiger partial charge in [0, 0.05) is 37.9 Å². The highest BCUT2D eigenvalue weighted by molar-refractivity contribution is 5.68. The molecule has 1 fully saturated rings. The summed E-state index contributed by atoms with van der Waals surface area (Å²) in [5.74, 6) is 0.613. The molecule has 134 valence electrons. The summed E-state index contributed by atoms with van der Waals surface area (Å²) < 4.78 is 10.6. The topological polar surface area (TPSA) is 63.7 Å². The minimum atomic E-state index is -0.457. The van der Waals surface area contributed by atoms with Crippen molar-refractivity contribution in [1.82, 2.24) is 15.2 Å². The van der Waals surface area contributed by atoms with Crippen molar-refractivity contribution in [2.45, 2.75) is 58.2 Å². The van der Waals surface area contributed by atoms with E-state index < -0.39 is 5.60 Å². The Kier molecular flexibility index (Phi) is 6.43. The van der Waals surface area contributed by atoms with Gasteiger partial charge in [-0.2, -0.15) is 0 Å². The number of amides is 1. The van der Waals surface area contributed by atoms with E-state index in [9.17, 15) is 4.79 Å². The maximum Gasteiger partial charge on any atom is 0.410 e. The van der Waals surface area contributed by atoms with Gasteiger partial charge in [-0.15, -0.1) is 0 Å². The Hall–Kier alpha value is -1.82. The molecule has 0 aliphatic carbocycles. The van der Waals surface area contributed by atoms with Gasteiger partial charge in [0.15, 0.2) is 0 Å². The summed E-state index contributed by atoms with van der Waals surface area (Å²) >= 11 is 0. The number of piperidine rings is 1. The Labute approximate surface area is 144 Å². The standard InChI is InChI=1S/C18H29N3O3/c1-18(2,3)24-17(22)21-10-6-5-7-15(21)13-19-11-14-8-9-16(23-4)20-12-14/h8-9,12,15,19H,5-7,10-11,13H2,1-4H3. The number of hydrogen-bond donors (Lipinski definition) is 1. The molecular weight excluding hydrogens is 306 g/mol. The van der Waals surface area contributed by atoms with Gasteiger partial charge in [0.05, 0.1) is 7.11 Å². The van der Waals surface area contributed by atoms with E-state index in [2.05, 4.69) is 10.3 Å². The van der Waals surface area contributed by atoms with Crippen molar-refractivity contribution in [2.75, 3.05) is 20.2 Å². The van der Waals surface area contributed by atoms with Gasteiger partial charge in [0.1, 0.15) is 5.60 Å². The molecule has 6 nitrogen and oxygen atoms in total. The van der Waals surface area contributed by atoms with E-state index in [1.54, 1.807) is 13.3 Å². The van der Waals surface area contributed by atoms with Crippen LogP contribution < -0.4 is 10.1 Å². The van der Waals surface area contributed by atoms with E-state index in [0.29, 0.717) is 5.88 Å². The Balaban J connectivity index is 1.85.